The molecule has 3 heterocycles. The summed E-state index contributed by atoms with van der Waals surface area (Å²) in [5.41, 5.74) is 2.33. The molecule has 0 radical (unpaired) electrons. The van der Waals surface area contributed by atoms with E-state index in [-0.39, 0.29) is 5.88 Å². The normalized spacial score (nSPS) is 10.7. The average Bonchev–Trinajstić information content (AvgIpc) is 2.70. The molecule has 0 aliphatic carbocycles. The third-order valence-corrected chi connectivity index (χ3v) is 3.78. The first-order chi connectivity index (χ1) is 13.3. The van der Waals surface area contributed by atoms with Gasteiger partial charge in [0.2, 0.25) is 6.20 Å². The Morgan fingerprint density at radius 3 is 2.67 bits per heavy atom. The van der Waals surface area contributed by atoms with Crippen molar-refractivity contribution >= 4 is 17.0 Å². The fourth-order valence-corrected chi connectivity index (χ4v) is 2.50. The Labute approximate surface area is 154 Å². The summed E-state index contributed by atoms with van der Waals surface area (Å²) in [4.78, 5) is 20.7. The molecule has 1 aromatic carbocycles. The Hall–Kier alpha value is -3.88. The summed E-state index contributed by atoms with van der Waals surface area (Å²) in [6.07, 6.45) is 9.44. The van der Waals surface area contributed by atoms with Crippen molar-refractivity contribution in [2.75, 3.05) is 11.9 Å². The predicted octanol–water partition coefficient (Wildman–Crippen LogP) is 1.90. The lowest BCUT2D eigenvalue weighted by molar-refractivity contribution is -0.606. The first-order valence-electron chi connectivity index (χ1n) is 8.25. The molecule has 0 atom stereocenters. The van der Waals surface area contributed by atoms with Crippen LogP contribution in [0.15, 0.2) is 61.6 Å². The number of hydrogen-bond acceptors (Lipinski definition) is 8. The number of ether oxygens (including phenoxy) is 1. The van der Waals surface area contributed by atoms with Crippen molar-refractivity contribution in [1.82, 2.24) is 24.9 Å². The molecule has 3 aromatic heterocycles. The van der Waals surface area contributed by atoms with Crippen molar-refractivity contribution < 1.29 is 9.47 Å². The van der Waals surface area contributed by atoms with Crippen LogP contribution < -0.4 is 14.8 Å². The van der Waals surface area contributed by atoms with Crippen LogP contribution in [0.2, 0.25) is 0 Å². The number of nitrogens with zero attached hydrogens (tertiary/aromatic N) is 6. The molecule has 0 bridgehead atoms. The van der Waals surface area contributed by atoms with Crippen LogP contribution in [-0.2, 0) is 6.42 Å². The SMILES string of the molecule is [O-][n+]1ccnc(Oc2ccc(CCNc3ncnc4nccnc34)cc2)c1. The molecule has 4 rings (SSSR count). The van der Waals surface area contributed by atoms with Crippen molar-refractivity contribution in [3.05, 3.63) is 72.3 Å². The first-order valence-corrected chi connectivity index (χ1v) is 8.25. The van der Waals surface area contributed by atoms with Gasteiger partial charge in [-0.15, -0.1) is 0 Å². The number of rotatable bonds is 6. The molecule has 27 heavy (non-hydrogen) atoms. The first kappa shape index (κ1) is 16.6. The van der Waals surface area contributed by atoms with Crippen LogP contribution in [0.3, 0.4) is 0 Å². The maximum atomic E-state index is 11.2. The monoisotopic (exact) mass is 361 g/mol. The maximum Gasteiger partial charge on any atom is 0.286 e. The van der Waals surface area contributed by atoms with Crippen molar-refractivity contribution in [2.24, 2.45) is 0 Å². The lowest BCUT2D eigenvalue weighted by Crippen LogP contribution is -2.24. The van der Waals surface area contributed by atoms with Crippen LogP contribution in [-0.4, -0.2) is 31.5 Å². The summed E-state index contributed by atoms with van der Waals surface area (Å²) in [5.74, 6) is 1.52. The Balaban J connectivity index is 1.36. The van der Waals surface area contributed by atoms with Gasteiger partial charge in [-0.25, -0.2) is 24.9 Å². The topological polar surface area (TPSA) is 113 Å². The van der Waals surface area contributed by atoms with Crippen LogP contribution >= 0.6 is 0 Å². The van der Waals surface area contributed by atoms with Crippen LogP contribution in [0.4, 0.5) is 5.82 Å². The van der Waals surface area contributed by atoms with Gasteiger partial charge in [-0.3, -0.25) is 0 Å². The van der Waals surface area contributed by atoms with E-state index in [2.05, 4.69) is 30.2 Å². The van der Waals surface area contributed by atoms with Crippen LogP contribution in [0.5, 0.6) is 11.6 Å². The molecule has 0 saturated carbocycles. The van der Waals surface area contributed by atoms with Gasteiger partial charge in [-0.1, -0.05) is 12.1 Å². The van der Waals surface area contributed by atoms with E-state index in [0.717, 1.165) is 12.0 Å². The summed E-state index contributed by atoms with van der Waals surface area (Å²) >= 11 is 0. The van der Waals surface area contributed by atoms with Gasteiger partial charge in [-0.05, 0) is 24.1 Å². The van der Waals surface area contributed by atoms with Gasteiger partial charge in [-0.2, -0.15) is 4.73 Å². The zero-order valence-electron chi connectivity index (χ0n) is 14.2. The minimum atomic E-state index is 0.249. The lowest BCUT2D eigenvalue weighted by atomic mass is 10.1. The lowest BCUT2D eigenvalue weighted by Gasteiger charge is -2.08. The van der Waals surface area contributed by atoms with Crippen LogP contribution in [0.25, 0.3) is 11.2 Å². The van der Waals surface area contributed by atoms with Crippen LogP contribution in [0, 0.1) is 5.21 Å². The zero-order chi connectivity index (χ0) is 18.5. The Bertz CT molecular complexity index is 1050. The van der Waals surface area contributed by atoms with E-state index in [4.69, 9.17) is 4.74 Å². The molecule has 0 spiro atoms. The van der Waals surface area contributed by atoms with Gasteiger partial charge >= 0.3 is 0 Å². The predicted molar refractivity (Wildman–Crippen MR) is 97.0 cm³/mol. The maximum absolute atomic E-state index is 11.2. The third kappa shape index (κ3) is 4.03. The molecule has 9 heteroatoms. The molecule has 0 saturated heterocycles. The van der Waals surface area contributed by atoms with Crippen molar-refractivity contribution in [2.45, 2.75) is 6.42 Å². The Morgan fingerprint density at radius 2 is 1.81 bits per heavy atom. The van der Waals surface area contributed by atoms with E-state index >= 15 is 0 Å². The minimum absolute atomic E-state index is 0.249. The van der Waals surface area contributed by atoms with E-state index in [0.29, 0.717) is 34.0 Å². The smallest absolute Gasteiger partial charge is 0.286 e. The highest BCUT2D eigenvalue weighted by Gasteiger charge is 2.05. The second-order valence-electron chi connectivity index (χ2n) is 5.63. The van der Waals surface area contributed by atoms with Gasteiger partial charge in [0.1, 0.15) is 17.6 Å². The molecule has 134 valence electrons. The molecular formula is C18H15N7O2. The van der Waals surface area contributed by atoms with E-state index in [1.807, 2.05) is 24.3 Å². The van der Waals surface area contributed by atoms with Crippen molar-refractivity contribution in [3.63, 3.8) is 0 Å². The number of benzene rings is 1. The van der Waals surface area contributed by atoms with Crippen molar-refractivity contribution in [1.29, 1.82) is 0 Å². The summed E-state index contributed by atoms with van der Waals surface area (Å²) in [6, 6.07) is 7.60. The summed E-state index contributed by atoms with van der Waals surface area (Å²) in [5, 5.41) is 14.5. The van der Waals surface area contributed by atoms with Crippen LogP contribution in [0.1, 0.15) is 5.56 Å². The van der Waals surface area contributed by atoms with E-state index in [9.17, 15) is 5.21 Å². The standard InChI is InChI=1S/C18H15N7O2/c26-25-10-9-19-15(11-25)27-14-3-1-13(2-4-14)5-6-21-17-16-18(24-12-23-17)22-8-7-20-16/h1-4,7-12H,5-6H2,(H,21,22,23,24). The number of fused-ring (bicyclic) bond motifs is 1. The summed E-state index contributed by atoms with van der Waals surface area (Å²) < 4.78 is 6.20. The molecule has 1 N–H and O–H groups in total. The fraction of sp³-hybridized carbons (Fsp3) is 0.111. The van der Waals surface area contributed by atoms with E-state index < -0.39 is 0 Å². The number of nitrogens with one attached hydrogen (secondary N) is 1. The number of aromatic nitrogens is 6. The average molecular weight is 361 g/mol. The molecular weight excluding hydrogens is 346 g/mol. The Morgan fingerprint density at radius 1 is 0.963 bits per heavy atom. The molecule has 0 fully saturated rings. The summed E-state index contributed by atoms with van der Waals surface area (Å²) in [6.45, 7) is 0.680. The molecule has 0 amide bonds. The molecule has 0 unspecified atom stereocenters. The van der Waals surface area contributed by atoms with Gasteiger partial charge in [0, 0.05) is 18.9 Å². The second kappa shape index (κ2) is 7.56. The highest BCUT2D eigenvalue weighted by atomic mass is 16.5. The Kier molecular flexibility index (Phi) is 4.64. The largest absolute Gasteiger partial charge is 0.619 e. The minimum Gasteiger partial charge on any atom is -0.619 e. The van der Waals surface area contributed by atoms with Crippen molar-refractivity contribution in [3.8, 4) is 11.6 Å². The zero-order valence-corrected chi connectivity index (χ0v) is 14.2. The van der Waals surface area contributed by atoms with Gasteiger partial charge in [0.05, 0.1) is 6.20 Å². The molecule has 4 aromatic rings. The highest BCUT2D eigenvalue weighted by Crippen LogP contribution is 2.19. The fourth-order valence-electron chi connectivity index (χ4n) is 2.50. The van der Waals surface area contributed by atoms with Gasteiger partial charge in [0.25, 0.3) is 5.88 Å². The summed E-state index contributed by atoms with van der Waals surface area (Å²) in [7, 11) is 0. The molecule has 0 aliphatic rings. The second-order valence-corrected chi connectivity index (χ2v) is 5.63. The molecule has 0 aliphatic heterocycles. The highest BCUT2D eigenvalue weighted by molar-refractivity contribution is 5.81. The van der Waals surface area contributed by atoms with Gasteiger partial charge in [0.15, 0.2) is 17.7 Å². The molecule has 9 nitrogen and oxygen atoms in total. The quantitative estimate of drug-likeness (QED) is 0.409. The number of hydrogen-bond donors (Lipinski definition) is 1. The van der Waals surface area contributed by atoms with E-state index in [1.54, 1.807) is 12.4 Å². The van der Waals surface area contributed by atoms with E-state index in [1.165, 1.54) is 24.9 Å². The third-order valence-electron chi connectivity index (χ3n) is 3.78. The van der Waals surface area contributed by atoms with Gasteiger partial charge < -0.3 is 15.3 Å². The number of anilines is 1.